The van der Waals surface area contributed by atoms with Crippen LogP contribution in [0, 0.1) is 0 Å². The minimum absolute atomic E-state index is 0.130. The lowest BCUT2D eigenvalue weighted by Crippen LogP contribution is -2.34. The topological polar surface area (TPSA) is 33.3 Å². The summed E-state index contributed by atoms with van der Waals surface area (Å²) in [5, 5.41) is 5.67. The summed E-state index contributed by atoms with van der Waals surface area (Å²) in [7, 11) is 0. The molecule has 3 nitrogen and oxygen atoms in total. The maximum atomic E-state index is 13.1. The molecule has 0 unspecified atom stereocenters. The molecule has 0 aromatic heterocycles. The summed E-state index contributed by atoms with van der Waals surface area (Å²) < 4.78 is 84.5. The summed E-state index contributed by atoms with van der Waals surface area (Å²) in [5.41, 5.74) is -0.651. The van der Waals surface area contributed by atoms with Crippen LogP contribution in [0.2, 0.25) is 0 Å². The standard InChI is InChI=1S/C16H8Br2F6N2O/c17-7-1-5(15(19,20)21)3-9-11(7)13-26-10-4-6(16(22,23)24)2-8(18)12(10)14(25-9)27-13/h1-4,13-14,25-26H/t13-,14-/m1/s1. The van der Waals surface area contributed by atoms with Crippen molar-refractivity contribution in [2.45, 2.75) is 24.8 Å². The van der Waals surface area contributed by atoms with E-state index in [2.05, 4.69) is 42.5 Å². The van der Waals surface area contributed by atoms with Crippen LogP contribution in [0.15, 0.2) is 33.2 Å². The van der Waals surface area contributed by atoms with Crippen LogP contribution in [0.25, 0.3) is 0 Å². The van der Waals surface area contributed by atoms with Crippen LogP contribution in [0.3, 0.4) is 0 Å². The van der Waals surface area contributed by atoms with Crippen LogP contribution < -0.4 is 10.6 Å². The van der Waals surface area contributed by atoms with Gasteiger partial charge in [0.1, 0.15) is 0 Å². The smallest absolute Gasteiger partial charge is 0.356 e. The number of hydrogen-bond acceptors (Lipinski definition) is 3. The van der Waals surface area contributed by atoms with Crippen molar-refractivity contribution in [3.05, 3.63) is 55.5 Å². The lowest BCUT2D eigenvalue weighted by Gasteiger charge is -2.41. The quantitative estimate of drug-likeness (QED) is 0.376. The van der Waals surface area contributed by atoms with E-state index >= 15 is 0 Å². The molecule has 0 spiro atoms. The maximum absolute atomic E-state index is 13.1. The molecule has 2 aliphatic heterocycles. The first kappa shape index (κ1) is 18.9. The Kier molecular flexibility index (Phi) is 4.21. The van der Waals surface area contributed by atoms with E-state index in [-0.39, 0.29) is 20.3 Å². The van der Waals surface area contributed by atoms with Crippen LogP contribution >= 0.6 is 31.9 Å². The van der Waals surface area contributed by atoms with E-state index in [1.165, 1.54) is 0 Å². The van der Waals surface area contributed by atoms with Gasteiger partial charge in [-0.2, -0.15) is 26.3 Å². The van der Waals surface area contributed by atoms with Gasteiger partial charge in [-0.05, 0) is 24.3 Å². The van der Waals surface area contributed by atoms with E-state index in [1.54, 1.807) is 0 Å². The van der Waals surface area contributed by atoms with Crippen molar-refractivity contribution in [3.8, 4) is 0 Å². The predicted octanol–water partition coefficient (Wildman–Crippen LogP) is 6.81. The average molecular weight is 518 g/mol. The SMILES string of the molecule is FC(F)(F)c1cc(Br)c2c(c1)N[C@@H]1O[C@H]2Nc2cc(C(F)(F)F)cc(Br)c21. The van der Waals surface area contributed by atoms with Gasteiger partial charge in [0.15, 0.2) is 12.5 Å². The van der Waals surface area contributed by atoms with Crippen LogP contribution in [0.1, 0.15) is 34.7 Å². The maximum Gasteiger partial charge on any atom is 0.416 e. The molecule has 4 rings (SSSR count). The molecule has 2 heterocycles. The highest BCUT2D eigenvalue weighted by atomic mass is 79.9. The molecule has 2 aromatic rings. The van der Waals surface area contributed by atoms with Gasteiger partial charge in [0.05, 0.1) is 11.1 Å². The summed E-state index contributed by atoms with van der Waals surface area (Å²) in [6, 6.07) is 3.72. The molecule has 2 atom stereocenters. The number of fused-ring (bicyclic) bond motifs is 6. The van der Waals surface area contributed by atoms with Crippen molar-refractivity contribution in [2.75, 3.05) is 10.6 Å². The van der Waals surface area contributed by atoms with Crippen molar-refractivity contribution >= 4 is 43.2 Å². The normalized spacial score (nSPS) is 21.0. The van der Waals surface area contributed by atoms with Gasteiger partial charge in [-0.1, -0.05) is 31.9 Å². The first-order valence-corrected chi connectivity index (χ1v) is 9.03. The molecule has 0 amide bonds. The number of hydrogen-bond donors (Lipinski definition) is 2. The van der Waals surface area contributed by atoms with E-state index < -0.39 is 35.9 Å². The van der Waals surface area contributed by atoms with Crippen molar-refractivity contribution < 1.29 is 31.1 Å². The number of nitrogens with one attached hydrogen (secondary N) is 2. The van der Waals surface area contributed by atoms with Gasteiger partial charge in [-0.15, -0.1) is 0 Å². The largest absolute Gasteiger partial charge is 0.416 e. The molecular formula is C16H8Br2F6N2O. The highest BCUT2D eigenvalue weighted by molar-refractivity contribution is 9.10. The van der Waals surface area contributed by atoms with Crippen molar-refractivity contribution in [1.29, 1.82) is 0 Å². The number of benzene rings is 2. The van der Waals surface area contributed by atoms with Crippen LogP contribution in [-0.4, -0.2) is 0 Å². The lowest BCUT2D eigenvalue weighted by atomic mass is 9.99. The Morgan fingerprint density at radius 3 is 1.41 bits per heavy atom. The monoisotopic (exact) mass is 516 g/mol. The molecule has 2 bridgehead atoms. The van der Waals surface area contributed by atoms with E-state index in [4.69, 9.17) is 4.74 Å². The fraction of sp³-hybridized carbons (Fsp3) is 0.250. The number of anilines is 2. The molecule has 0 saturated heterocycles. The average Bonchev–Trinajstić information content (AvgIpc) is 2.51. The molecule has 0 radical (unpaired) electrons. The molecule has 0 aliphatic carbocycles. The highest BCUT2D eigenvalue weighted by Gasteiger charge is 2.41. The Morgan fingerprint density at radius 2 is 1.07 bits per heavy atom. The van der Waals surface area contributed by atoms with Crippen LogP contribution in [0.5, 0.6) is 0 Å². The third-order valence-electron chi connectivity index (χ3n) is 4.28. The zero-order valence-corrected chi connectivity index (χ0v) is 16.1. The van der Waals surface area contributed by atoms with Gasteiger partial charge >= 0.3 is 12.4 Å². The van der Waals surface area contributed by atoms with Crippen molar-refractivity contribution in [1.82, 2.24) is 0 Å². The first-order chi connectivity index (χ1) is 12.4. The summed E-state index contributed by atoms with van der Waals surface area (Å²) >= 11 is 6.20. The van der Waals surface area contributed by atoms with Gasteiger partial charge in [-0.3, -0.25) is 0 Å². The predicted molar refractivity (Wildman–Crippen MR) is 92.1 cm³/mol. The molecule has 11 heteroatoms. The second-order valence-electron chi connectivity index (χ2n) is 6.02. The number of alkyl halides is 6. The molecular weight excluding hydrogens is 510 g/mol. The molecule has 27 heavy (non-hydrogen) atoms. The Bertz CT molecular complexity index is 868. The minimum Gasteiger partial charge on any atom is -0.356 e. The van der Waals surface area contributed by atoms with Crippen LogP contribution in [0.4, 0.5) is 37.7 Å². The Balaban J connectivity index is 1.82. The molecule has 2 N–H and O–H groups in total. The third kappa shape index (κ3) is 3.19. The molecule has 2 aliphatic rings. The molecule has 144 valence electrons. The van der Waals surface area contributed by atoms with Gasteiger partial charge in [0.2, 0.25) is 0 Å². The minimum atomic E-state index is -4.54. The summed E-state index contributed by atoms with van der Waals surface area (Å²) in [6.45, 7) is 0. The van der Waals surface area contributed by atoms with Gasteiger partial charge in [0, 0.05) is 31.4 Å². The van der Waals surface area contributed by atoms with E-state index in [1.807, 2.05) is 0 Å². The highest BCUT2D eigenvalue weighted by Crippen LogP contribution is 2.51. The van der Waals surface area contributed by atoms with E-state index in [0.29, 0.717) is 11.1 Å². The van der Waals surface area contributed by atoms with Crippen molar-refractivity contribution in [2.24, 2.45) is 0 Å². The van der Waals surface area contributed by atoms with Crippen molar-refractivity contribution in [3.63, 3.8) is 0 Å². The Morgan fingerprint density at radius 1 is 0.704 bits per heavy atom. The number of ether oxygens (including phenoxy) is 1. The zero-order chi connectivity index (χ0) is 19.7. The summed E-state index contributed by atoms with van der Waals surface area (Å²) in [5.74, 6) is 0. The van der Waals surface area contributed by atoms with Crippen LogP contribution in [-0.2, 0) is 17.1 Å². The van der Waals surface area contributed by atoms with Gasteiger partial charge in [-0.25, -0.2) is 0 Å². The molecule has 0 saturated carbocycles. The third-order valence-corrected chi connectivity index (χ3v) is 5.60. The summed E-state index contributed by atoms with van der Waals surface area (Å²) in [6.07, 6.45) is -10.9. The Hall–Kier alpha value is -1.46. The van der Waals surface area contributed by atoms with Gasteiger partial charge in [0.25, 0.3) is 0 Å². The van der Waals surface area contributed by atoms with E-state index in [9.17, 15) is 26.3 Å². The van der Waals surface area contributed by atoms with Gasteiger partial charge < -0.3 is 15.4 Å². The van der Waals surface area contributed by atoms with E-state index in [0.717, 1.165) is 24.3 Å². The lowest BCUT2D eigenvalue weighted by molar-refractivity contribution is -0.138. The fourth-order valence-electron chi connectivity index (χ4n) is 3.10. The summed E-state index contributed by atoms with van der Waals surface area (Å²) in [4.78, 5) is 0. The molecule has 2 aromatic carbocycles. The zero-order valence-electron chi connectivity index (χ0n) is 12.9. The second-order valence-corrected chi connectivity index (χ2v) is 7.73. The molecule has 0 fully saturated rings. The first-order valence-electron chi connectivity index (χ1n) is 7.45. The number of halogens is 8. The second kappa shape index (κ2) is 6.02. The Labute approximate surface area is 165 Å². The number of rotatable bonds is 0. The fourth-order valence-corrected chi connectivity index (χ4v) is 4.44.